The van der Waals surface area contributed by atoms with Crippen LogP contribution < -0.4 is 9.46 Å². The molecule has 130 valence electrons. The lowest BCUT2D eigenvalue weighted by Gasteiger charge is -2.26. The average molecular weight is 340 g/mol. The summed E-state index contributed by atoms with van der Waals surface area (Å²) >= 11 is 0. The molecule has 1 aliphatic rings. The van der Waals surface area contributed by atoms with Crippen molar-refractivity contribution in [2.75, 3.05) is 33.3 Å². The maximum absolute atomic E-state index is 12.2. The van der Waals surface area contributed by atoms with Crippen LogP contribution in [-0.4, -0.2) is 46.6 Å². The molecular weight excluding hydrogens is 312 g/mol. The molecule has 0 atom stereocenters. The van der Waals surface area contributed by atoms with Gasteiger partial charge < -0.3 is 9.64 Å². The first-order valence-corrected chi connectivity index (χ1v) is 9.96. The highest BCUT2D eigenvalue weighted by molar-refractivity contribution is 7.89. The molecule has 0 bridgehead atoms. The lowest BCUT2D eigenvalue weighted by atomic mass is 10.1. The highest BCUT2D eigenvalue weighted by Crippen LogP contribution is 2.15. The summed E-state index contributed by atoms with van der Waals surface area (Å²) in [7, 11) is -1.85. The van der Waals surface area contributed by atoms with E-state index in [1.807, 2.05) is 0 Å². The molecule has 6 heteroatoms. The first-order valence-electron chi connectivity index (χ1n) is 8.48. The third-order valence-corrected chi connectivity index (χ3v) is 5.74. The Balaban J connectivity index is 1.64. The second kappa shape index (κ2) is 9.25. The normalized spacial score (nSPS) is 16.4. The maximum Gasteiger partial charge on any atom is 0.240 e. The Morgan fingerprint density at radius 2 is 1.74 bits per heavy atom. The van der Waals surface area contributed by atoms with Crippen LogP contribution in [0.15, 0.2) is 29.2 Å². The van der Waals surface area contributed by atoms with Gasteiger partial charge in [0.15, 0.2) is 0 Å². The smallest absolute Gasteiger partial charge is 0.240 e. The molecule has 0 aliphatic carbocycles. The number of nitrogens with zero attached hydrogens (tertiary/aromatic N) is 1. The lowest BCUT2D eigenvalue weighted by molar-refractivity contribution is 0.224. The van der Waals surface area contributed by atoms with Gasteiger partial charge in [0.1, 0.15) is 5.75 Å². The van der Waals surface area contributed by atoms with Gasteiger partial charge in [0, 0.05) is 6.54 Å². The van der Waals surface area contributed by atoms with Crippen molar-refractivity contribution in [2.45, 2.75) is 43.4 Å². The van der Waals surface area contributed by atoms with Gasteiger partial charge in [-0.1, -0.05) is 12.8 Å². The van der Waals surface area contributed by atoms with Crippen LogP contribution in [0.5, 0.6) is 5.75 Å². The fourth-order valence-electron chi connectivity index (χ4n) is 2.86. The van der Waals surface area contributed by atoms with Crippen molar-refractivity contribution in [3.05, 3.63) is 24.3 Å². The molecule has 0 unspecified atom stereocenters. The van der Waals surface area contributed by atoms with Crippen molar-refractivity contribution in [3.63, 3.8) is 0 Å². The van der Waals surface area contributed by atoms with Gasteiger partial charge in [0.2, 0.25) is 10.0 Å². The third-order valence-electron chi connectivity index (χ3n) is 4.26. The first kappa shape index (κ1) is 18.2. The molecule has 0 radical (unpaired) electrons. The summed E-state index contributed by atoms with van der Waals surface area (Å²) in [4.78, 5) is 2.80. The van der Waals surface area contributed by atoms with Crippen molar-refractivity contribution in [1.82, 2.24) is 9.62 Å². The Kier molecular flexibility index (Phi) is 7.33. The number of piperidine rings is 1. The lowest BCUT2D eigenvalue weighted by Crippen LogP contribution is -2.30. The van der Waals surface area contributed by atoms with E-state index >= 15 is 0 Å². The number of sulfonamides is 1. The second-order valence-electron chi connectivity index (χ2n) is 6.04. The number of nitrogens with one attached hydrogen (secondary N) is 1. The number of likely N-dealkylation sites (tertiary alicyclic amines) is 1. The molecule has 1 N–H and O–H groups in total. The van der Waals surface area contributed by atoms with E-state index in [2.05, 4.69) is 9.62 Å². The van der Waals surface area contributed by atoms with Crippen molar-refractivity contribution >= 4 is 10.0 Å². The number of unbranched alkanes of at least 4 members (excludes halogenated alkanes) is 2. The molecule has 1 aliphatic heterocycles. The Bertz CT molecular complexity index is 552. The topological polar surface area (TPSA) is 58.6 Å². The molecule has 5 nitrogen and oxygen atoms in total. The highest BCUT2D eigenvalue weighted by Gasteiger charge is 2.13. The number of ether oxygens (including phenoxy) is 1. The SMILES string of the molecule is COc1ccc(S(=O)(=O)NCCCCCN2CCCCC2)cc1. The van der Waals surface area contributed by atoms with Gasteiger partial charge >= 0.3 is 0 Å². The summed E-state index contributed by atoms with van der Waals surface area (Å²) in [5.74, 6) is 0.654. The third kappa shape index (κ3) is 6.12. The highest BCUT2D eigenvalue weighted by atomic mass is 32.2. The van der Waals surface area contributed by atoms with Crippen LogP contribution in [0.25, 0.3) is 0 Å². The van der Waals surface area contributed by atoms with Gasteiger partial charge in [-0.25, -0.2) is 13.1 Å². The van der Waals surface area contributed by atoms with Crippen LogP contribution in [0, 0.1) is 0 Å². The molecule has 1 aromatic rings. The van der Waals surface area contributed by atoms with E-state index in [1.54, 1.807) is 31.4 Å². The maximum atomic E-state index is 12.2. The Morgan fingerprint density at radius 3 is 2.39 bits per heavy atom. The Hall–Kier alpha value is -1.11. The molecule has 1 aromatic carbocycles. The Labute approximate surface area is 140 Å². The fraction of sp³-hybridized carbons (Fsp3) is 0.647. The van der Waals surface area contributed by atoms with Crippen LogP contribution in [0.3, 0.4) is 0 Å². The summed E-state index contributed by atoms with van der Waals surface area (Å²) in [6.45, 7) is 4.09. The summed E-state index contributed by atoms with van der Waals surface area (Å²) in [5.41, 5.74) is 0. The number of benzene rings is 1. The quantitative estimate of drug-likeness (QED) is 0.702. The molecule has 23 heavy (non-hydrogen) atoms. The molecule has 1 fully saturated rings. The number of hydrogen-bond acceptors (Lipinski definition) is 4. The summed E-state index contributed by atoms with van der Waals surface area (Å²) in [6, 6.07) is 6.45. The van der Waals surface area contributed by atoms with Gasteiger partial charge in [-0.2, -0.15) is 0 Å². The predicted octanol–water partition coefficient (Wildman–Crippen LogP) is 2.63. The number of methoxy groups -OCH3 is 1. The van der Waals surface area contributed by atoms with E-state index in [4.69, 9.17) is 4.74 Å². The molecule has 0 aromatic heterocycles. The minimum atomic E-state index is -3.41. The van der Waals surface area contributed by atoms with Crippen LogP contribution in [0.1, 0.15) is 38.5 Å². The van der Waals surface area contributed by atoms with Crippen LogP contribution >= 0.6 is 0 Å². The molecule has 0 spiro atoms. The summed E-state index contributed by atoms with van der Waals surface area (Å²) in [5, 5.41) is 0. The zero-order valence-corrected chi connectivity index (χ0v) is 14.8. The number of hydrogen-bond donors (Lipinski definition) is 1. The minimum Gasteiger partial charge on any atom is -0.497 e. The largest absolute Gasteiger partial charge is 0.497 e. The molecule has 1 saturated heterocycles. The molecule has 1 heterocycles. The predicted molar refractivity (Wildman–Crippen MR) is 92.3 cm³/mol. The summed E-state index contributed by atoms with van der Waals surface area (Å²) < 4.78 is 32.0. The minimum absolute atomic E-state index is 0.284. The average Bonchev–Trinajstić information content (AvgIpc) is 2.59. The zero-order chi connectivity index (χ0) is 16.5. The van der Waals surface area contributed by atoms with Gasteiger partial charge in [0.25, 0.3) is 0 Å². The standard InChI is InChI=1S/C17H28N2O3S/c1-22-16-8-10-17(11-9-16)23(20,21)18-12-4-2-5-13-19-14-6-3-7-15-19/h8-11,18H,2-7,12-15H2,1H3. The first-order chi connectivity index (χ1) is 11.1. The van der Waals surface area contributed by atoms with E-state index < -0.39 is 10.0 Å². The molecular formula is C17H28N2O3S. The molecule has 2 rings (SSSR count). The summed E-state index contributed by atoms with van der Waals surface area (Å²) in [6.07, 6.45) is 7.09. The van der Waals surface area contributed by atoms with Crippen molar-refractivity contribution < 1.29 is 13.2 Å². The van der Waals surface area contributed by atoms with E-state index in [9.17, 15) is 8.42 Å². The van der Waals surface area contributed by atoms with Gasteiger partial charge in [-0.05, 0) is 69.6 Å². The van der Waals surface area contributed by atoms with Crippen molar-refractivity contribution in [3.8, 4) is 5.75 Å². The number of rotatable bonds is 9. The zero-order valence-electron chi connectivity index (χ0n) is 14.0. The van der Waals surface area contributed by atoms with E-state index in [0.717, 1.165) is 25.8 Å². The van der Waals surface area contributed by atoms with Crippen LogP contribution in [0.2, 0.25) is 0 Å². The second-order valence-corrected chi connectivity index (χ2v) is 7.80. The monoisotopic (exact) mass is 340 g/mol. The van der Waals surface area contributed by atoms with E-state index in [-0.39, 0.29) is 4.90 Å². The molecule has 0 saturated carbocycles. The fourth-order valence-corrected chi connectivity index (χ4v) is 3.94. The Morgan fingerprint density at radius 1 is 1.04 bits per heavy atom. The van der Waals surface area contributed by atoms with Gasteiger partial charge in [-0.15, -0.1) is 0 Å². The van der Waals surface area contributed by atoms with Crippen molar-refractivity contribution in [1.29, 1.82) is 0 Å². The van der Waals surface area contributed by atoms with E-state index in [0.29, 0.717) is 12.3 Å². The van der Waals surface area contributed by atoms with Crippen molar-refractivity contribution in [2.24, 2.45) is 0 Å². The van der Waals surface area contributed by atoms with E-state index in [1.165, 1.54) is 32.4 Å². The van der Waals surface area contributed by atoms with Crippen LogP contribution in [0.4, 0.5) is 0 Å². The van der Waals surface area contributed by atoms with Gasteiger partial charge in [0.05, 0.1) is 12.0 Å². The molecule has 0 amide bonds. The van der Waals surface area contributed by atoms with Crippen LogP contribution in [-0.2, 0) is 10.0 Å². The van der Waals surface area contributed by atoms with Gasteiger partial charge in [-0.3, -0.25) is 0 Å².